The Balaban J connectivity index is 2.46. The lowest BCUT2D eigenvalue weighted by atomic mass is 10.0. The van der Waals surface area contributed by atoms with E-state index in [2.05, 4.69) is 0 Å². The van der Waals surface area contributed by atoms with Crippen molar-refractivity contribution in [1.29, 1.82) is 0 Å². The van der Waals surface area contributed by atoms with Crippen LogP contribution in [0.5, 0.6) is 0 Å². The Labute approximate surface area is 119 Å². The van der Waals surface area contributed by atoms with Gasteiger partial charge in [0, 0.05) is 11.6 Å². The van der Waals surface area contributed by atoms with Gasteiger partial charge in [0.25, 0.3) is 0 Å². The highest BCUT2D eigenvalue weighted by atomic mass is 35.5. The van der Waals surface area contributed by atoms with Crippen LogP contribution >= 0.6 is 11.6 Å². The zero-order valence-electron chi connectivity index (χ0n) is 11.0. The van der Waals surface area contributed by atoms with Crippen LogP contribution in [0.2, 0.25) is 5.02 Å². The zero-order chi connectivity index (χ0) is 14.2. The molecular weight excluding hydrogens is 286 g/mol. The number of aliphatic hydroxyl groups is 1. The normalized spacial score (nSPS) is 24.8. The van der Waals surface area contributed by atoms with Crippen LogP contribution in [-0.4, -0.2) is 37.0 Å². The molecule has 1 aliphatic heterocycles. The van der Waals surface area contributed by atoms with Crippen molar-refractivity contribution in [3.8, 4) is 0 Å². The summed E-state index contributed by atoms with van der Waals surface area (Å²) in [7, 11) is -3.60. The Bertz CT molecular complexity index is 573. The topological polar surface area (TPSA) is 57.6 Å². The first-order valence-electron chi connectivity index (χ1n) is 6.27. The summed E-state index contributed by atoms with van der Waals surface area (Å²) in [5.74, 6) is 0.166. The van der Waals surface area contributed by atoms with Gasteiger partial charge in [0.2, 0.25) is 10.0 Å². The third kappa shape index (κ3) is 2.52. The lowest BCUT2D eigenvalue weighted by Crippen LogP contribution is -2.40. The number of aliphatic hydroxyl groups excluding tert-OH is 1. The Morgan fingerprint density at radius 1 is 1.47 bits per heavy atom. The van der Waals surface area contributed by atoms with Crippen molar-refractivity contribution >= 4 is 21.6 Å². The fraction of sp³-hybridized carbons (Fsp3) is 0.538. The smallest absolute Gasteiger partial charge is 0.243 e. The van der Waals surface area contributed by atoms with Crippen LogP contribution in [-0.2, 0) is 10.0 Å². The summed E-state index contributed by atoms with van der Waals surface area (Å²) in [5.41, 5.74) is 0.556. The first-order valence-corrected chi connectivity index (χ1v) is 8.09. The maximum atomic E-state index is 12.7. The molecule has 1 saturated heterocycles. The van der Waals surface area contributed by atoms with Gasteiger partial charge >= 0.3 is 0 Å². The second kappa shape index (κ2) is 5.40. The quantitative estimate of drug-likeness (QED) is 0.929. The van der Waals surface area contributed by atoms with E-state index in [1.54, 1.807) is 25.1 Å². The van der Waals surface area contributed by atoms with Crippen molar-refractivity contribution in [3.63, 3.8) is 0 Å². The van der Waals surface area contributed by atoms with Gasteiger partial charge in [0.05, 0.1) is 17.5 Å². The van der Waals surface area contributed by atoms with Gasteiger partial charge in [-0.2, -0.15) is 4.31 Å². The Morgan fingerprint density at radius 2 is 2.16 bits per heavy atom. The van der Waals surface area contributed by atoms with Crippen LogP contribution in [0.4, 0.5) is 0 Å². The molecule has 1 heterocycles. The molecule has 0 spiro atoms. The molecule has 0 bridgehead atoms. The van der Waals surface area contributed by atoms with Gasteiger partial charge in [-0.05, 0) is 37.0 Å². The number of hydrogen-bond acceptors (Lipinski definition) is 3. The maximum absolute atomic E-state index is 12.7. The van der Waals surface area contributed by atoms with Gasteiger partial charge in [-0.15, -0.1) is 0 Å². The molecular formula is C13H18ClNO3S. The monoisotopic (exact) mass is 303 g/mol. The fourth-order valence-electron chi connectivity index (χ4n) is 2.54. The molecule has 0 aromatic heterocycles. The predicted molar refractivity (Wildman–Crippen MR) is 74.7 cm³/mol. The molecule has 0 amide bonds. The summed E-state index contributed by atoms with van der Waals surface area (Å²) in [6.45, 7) is 3.95. The highest BCUT2D eigenvalue weighted by molar-refractivity contribution is 7.89. The van der Waals surface area contributed by atoms with Crippen LogP contribution in [0.15, 0.2) is 23.1 Å². The average Bonchev–Trinajstić information content (AvgIpc) is 2.74. The van der Waals surface area contributed by atoms with E-state index < -0.39 is 10.0 Å². The summed E-state index contributed by atoms with van der Waals surface area (Å²) in [5, 5.41) is 9.85. The first kappa shape index (κ1) is 14.8. The molecule has 0 saturated carbocycles. The van der Waals surface area contributed by atoms with Crippen molar-refractivity contribution in [2.75, 3.05) is 13.2 Å². The number of hydrogen-bond donors (Lipinski definition) is 1. The molecule has 1 N–H and O–H groups in total. The van der Waals surface area contributed by atoms with Gasteiger partial charge in [0.15, 0.2) is 0 Å². The van der Waals surface area contributed by atoms with Crippen molar-refractivity contribution in [1.82, 2.24) is 4.31 Å². The van der Waals surface area contributed by atoms with Gasteiger partial charge < -0.3 is 5.11 Å². The van der Waals surface area contributed by atoms with Crippen molar-refractivity contribution in [3.05, 3.63) is 28.8 Å². The number of sulfonamides is 1. The van der Waals surface area contributed by atoms with E-state index in [0.29, 0.717) is 17.1 Å². The highest BCUT2D eigenvalue weighted by Gasteiger charge is 2.39. The predicted octanol–water partition coefficient (Wildman–Crippen LogP) is 2.04. The molecule has 1 aromatic carbocycles. The molecule has 1 fully saturated rings. The van der Waals surface area contributed by atoms with Gasteiger partial charge in [-0.3, -0.25) is 0 Å². The molecule has 1 aliphatic rings. The second-order valence-electron chi connectivity index (χ2n) is 4.99. The fourth-order valence-corrected chi connectivity index (χ4v) is 4.74. The van der Waals surface area contributed by atoms with E-state index in [-0.39, 0.29) is 23.5 Å². The number of nitrogens with zero attached hydrogens (tertiary/aromatic N) is 1. The van der Waals surface area contributed by atoms with E-state index in [1.165, 1.54) is 4.31 Å². The SMILES string of the molecule is Cc1c(Cl)cccc1S(=O)(=O)N1CCC(C)C1CO. The van der Waals surface area contributed by atoms with E-state index in [9.17, 15) is 13.5 Å². The minimum Gasteiger partial charge on any atom is -0.395 e. The number of halogens is 1. The number of rotatable bonds is 3. The lowest BCUT2D eigenvalue weighted by molar-refractivity contribution is 0.191. The third-order valence-electron chi connectivity index (χ3n) is 3.82. The van der Waals surface area contributed by atoms with E-state index >= 15 is 0 Å². The van der Waals surface area contributed by atoms with Crippen LogP contribution in [0, 0.1) is 12.8 Å². The van der Waals surface area contributed by atoms with E-state index in [0.717, 1.165) is 6.42 Å². The minimum absolute atomic E-state index is 0.153. The van der Waals surface area contributed by atoms with Gasteiger partial charge in [-0.1, -0.05) is 24.6 Å². The van der Waals surface area contributed by atoms with Crippen LogP contribution < -0.4 is 0 Å². The van der Waals surface area contributed by atoms with E-state index in [4.69, 9.17) is 11.6 Å². The van der Waals surface area contributed by atoms with Gasteiger partial charge in [-0.25, -0.2) is 8.42 Å². The molecule has 0 radical (unpaired) electrons. The van der Waals surface area contributed by atoms with Crippen molar-refractivity contribution < 1.29 is 13.5 Å². The van der Waals surface area contributed by atoms with Crippen molar-refractivity contribution in [2.24, 2.45) is 5.92 Å². The second-order valence-corrected chi connectivity index (χ2v) is 7.26. The molecule has 2 atom stereocenters. The van der Waals surface area contributed by atoms with Crippen LogP contribution in [0.3, 0.4) is 0 Å². The molecule has 2 unspecified atom stereocenters. The average molecular weight is 304 g/mol. The van der Waals surface area contributed by atoms with Crippen molar-refractivity contribution in [2.45, 2.75) is 31.2 Å². The highest BCUT2D eigenvalue weighted by Crippen LogP contribution is 2.32. The van der Waals surface area contributed by atoms with E-state index in [1.807, 2.05) is 6.92 Å². The molecule has 2 rings (SSSR count). The zero-order valence-corrected chi connectivity index (χ0v) is 12.6. The molecule has 106 valence electrons. The Hall–Kier alpha value is -0.620. The number of benzene rings is 1. The summed E-state index contributed by atoms with van der Waals surface area (Å²) in [6, 6.07) is 4.53. The lowest BCUT2D eigenvalue weighted by Gasteiger charge is -2.25. The minimum atomic E-state index is -3.60. The first-order chi connectivity index (χ1) is 8.89. The summed E-state index contributed by atoms with van der Waals surface area (Å²) in [4.78, 5) is 0.229. The summed E-state index contributed by atoms with van der Waals surface area (Å²) in [6.07, 6.45) is 0.768. The summed E-state index contributed by atoms with van der Waals surface area (Å²) < 4.78 is 26.8. The Kier molecular flexibility index (Phi) is 4.20. The molecule has 4 nitrogen and oxygen atoms in total. The van der Waals surface area contributed by atoms with Crippen LogP contribution in [0.1, 0.15) is 18.9 Å². The summed E-state index contributed by atoms with van der Waals surface area (Å²) >= 11 is 5.99. The third-order valence-corrected chi connectivity index (χ3v) is 6.30. The largest absolute Gasteiger partial charge is 0.395 e. The molecule has 0 aliphatic carbocycles. The maximum Gasteiger partial charge on any atom is 0.243 e. The Morgan fingerprint density at radius 3 is 2.79 bits per heavy atom. The molecule has 1 aromatic rings. The molecule has 6 heteroatoms. The molecule has 19 heavy (non-hydrogen) atoms. The van der Waals surface area contributed by atoms with Crippen LogP contribution in [0.25, 0.3) is 0 Å². The van der Waals surface area contributed by atoms with Gasteiger partial charge in [0.1, 0.15) is 0 Å². The standard InChI is InChI=1S/C13H18ClNO3S/c1-9-6-7-15(12(9)8-16)19(17,18)13-5-3-4-11(14)10(13)2/h3-5,9,12,16H,6-8H2,1-2H3.